The minimum atomic E-state index is -0.436. The Hall–Kier alpha value is -2.80. The largest absolute Gasteiger partial charge is 0.496 e. The second-order valence-corrected chi connectivity index (χ2v) is 6.98. The molecule has 0 amide bonds. The highest BCUT2D eigenvalue weighted by Gasteiger charge is 2.39. The van der Waals surface area contributed by atoms with Crippen LogP contribution < -0.4 is 0 Å². The van der Waals surface area contributed by atoms with Crippen molar-refractivity contribution in [2.75, 3.05) is 7.11 Å². The molecule has 4 nitrogen and oxygen atoms in total. The topological polar surface area (TPSA) is 54.6 Å². The molecule has 132 valence electrons. The van der Waals surface area contributed by atoms with Gasteiger partial charge < -0.3 is 9.47 Å². The first kappa shape index (κ1) is 16.7. The van der Waals surface area contributed by atoms with Crippen LogP contribution >= 0.6 is 0 Å². The standard InChI is InChI=1S/C22H22N2O2/c1-25-20-14-16(21-24-18-10-3-2-4-11-19(18)26-21)8-7-9-17(20)22(15-23)12-5-6-13-22/h2-4,7,9-11,14,19H,5-6,8,12-13H2,1H3. The van der Waals surface area contributed by atoms with Gasteiger partial charge in [0.2, 0.25) is 5.90 Å². The Labute approximate surface area is 154 Å². The van der Waals surface area contributed by atoms with Crippen LogP contribution in [-0.4, -0.2) is 19.1 Å². The average Bonchev–Trinajstić information content (AvgIpc) is 3.17. The fourth-order valence-corrected chi connectivity index (χ4v) is 4.00. The number of aliphatic imine (C=N–C) groups is 1. The third kappa shape index (κ3) is 2.84. The number of rotatable bonds is 3. The van der Waals surface area contributed by atoms with E-state index in [0.717, 1.165) is 48.3 Å². The van der Waals surface area contributed by atoms with Crippen molar-refractivity contribution in [1.82, 2.24) is 0 Å². The fourth-order valence-electron chi connectivity index (χ4n) is 4.00. The van der Waals surface area contributed by atoms with Crippen LogP contribution in [0.4, 0.5) is 0 Å². The third-order valence-electron chi connectivity index (χ3n) is 5.41. The Morgan fingerprint density at radius 1 is 1.27 bits per heavy atom. The SMILES string of the molecule is COC1=C(C2(C#N)CCCC2)C=CCC(C2=NC3=CC=CC=CC3O2)=C1. The highest BCUT2D eigenvalue weighted by molar-refractivity contribution is 5.97. The molecule has 1 heterocycles. The molecule has 0 aromatic rings. The third-order valence-corrected chi connectivity index (χ3v) is 5.41. The van der Waals surface area contributed by atoms with Gasteiger partial charge in [0.1, 0.15) is 5.76 Å². The molecule has 4 rings (SSSR count). The normalized spacial score (nSPS) is 26.2. The van der Waals surface area contributed by atoms with Gasteiger partial charge in [-0.05, 0) is 37.5 Å². The number of allylic oxidation sites excluding steroid dienone is 8. The van der Waals surface area contributed by atoms with Crippen LogP contribution in [-0.2, 0) is 9.47 Å². The summed E-state index contributed by atoms with van der Waals surface area (Å²) in [5, 5.41) is 9.85. The molecule has 4 heteroatoms. The maximum atomic E-state index is 9.85. The van der Waals surface area contributed by atoms with E-state index in [9.17, 15) is 5.26 Å². The predicted molar refractivity (Wildman–Crippen MR) is 101 cm³/mol. The van der Waals surface area contributed by atoms with Crippen LogP contribution in [0.1, 0.15) is 32.1 Å². The van der Waals surface area contributed by atoms with Crippen LogP contribution in [0.25, 0.3) is 0 Å². The quantitative estimate of drug-likeness (QED) is 0.746. The van der Waals surface area contributed by atoms with Gasteiger partial charge in [0.15, 0.2) is 6.10 Å². The molecular weight excluding hydrogens is 324 g/mol. The molecule has 0 saturated heterocycles. The Kier molecular flexibility index (Phi) is 4.38. The van der Waals surface area contributed by atoms with Crippen molar-refractivity contribution in [3.63, 3.8) is 0 Å². The second-order valence-electron chi connectivity index (χ2n) is 6.98. The number of methoxy groups -OCH3 is 1. The Morgan fingerprint density at radius 2 is 2.12 bits per heavy atom. The molecule has 0 spiro atoms. The molecule has 0 N–H and O–H groups in total. The first-order valence-electron chi connectivity index (χ1n) is 9.14. The monoisotopic (exact) mass is 346 g/mol. The summed E-state index contributed by atoms with van der Waals surface area (Å²) in [6, 6.07) is 2.57. The zero-order chi connectivity index (χ0) is 18.0. The lowest BCUT2D eigenvalue weighted by atomic mass is 9.79. The number of ether oxygens (including phenoxy) is 2. The molecule has 26 heavy (non-hydrogen) atoms. The van der Waals surface area contributed by atoms with E-state index in [0.29, 0.717) is 12.3 Å². The van der Waals surface area contributed by atoms with Gasteiger partial charge >= 0.3 is 0 Å². The molecule has 1 saturated carbocycles. The molecule has 4 aliphatic rings. The van der Waals surface area contributed by atoms with E-state index in [1.165, 1.54) is 0 Å². The van der Waals surface area contributed by atoms with Crippen LogP contribution in [0.3, 0.4) is 0 Å². The van der Waals surface area contributed by atoms with Crippen LogP contribution in [0, 0.1) is 16.7 Å². The lowest BCUT2D eigenvalue weighted by Gasteiger charge is -2.23. The van der Waals surface area contributed by atoms with E-state index < -0.39 is 5.41 Å². The summed E-state index contributed by atoms with van der Waals surface area (Å²) in [4.78, 5) is 4.67. The van der Waals surface area contributed by atoms with Gasteiger partial charge in [-0.2, -0.15) is 5.26 Å². The van der Waals surface area contributed by atoms with Crippen molar-refractivity contribution < 1.29 is 9.47 Å². The van der Waals surface area contributed by atoms with E-state index in [1.54, 1.807) is 7.11 Å². The van der Waals surface area contributed by atoms with E-state index in [4.69, 9.17) is 9.47 Å². The summed E-state index contributed by atoms with van der Waals surface area (Å²) in [6.45, 7) is 0. The minimum absolute atomic E-state index is 0.136. The van der Waals surface area contributed by atoms with E-state index in [1.807, 2.05) is 36.5 Å². The lowest BCUT2D eigenvalue weighted by Crippen LogP contribution is -2.18. The van der Waals surface area contributed by atoms with E-state index in [-0.39, 0.29) is 6.10 Å². The first-order valence-corrected chi connectivity index (χ1v) is 9.14. The molecule has 3 aliphatic carbocycles. The molecule has 0 aromatic heterocycles. The van der Waals surface area contributed by atoms with Gasteiger partial charge in [-0.1, -0.05) is 43.2 Å². The maximum absolute atomic E-state index is 9.85. The zero-order valence-electron chi connectivity index (χ0n) is 14.9. The number of hydrogen-bond acceptors (Lipinski definition) is 4. The highest BCUT2D eigenvalue weighted by atomic mass is 16.5. The smallest absolute Gasteiger partial charge is 0.218 e. The Bertz CT molecular complexity index is 853. The molecule has 0 radical (unpaired) electrons. The molecular formula is C22H22N2O2. The average molecular weight is 346 g/mol. The summed E-state index contributed by atoms with van der Waals surface area (Å²) < 4.78 is 11.8. The Morgan fingerprint density at radius 3 is 2.88 bits per heavy atom. The summed E-state index contributed by atoms with van der Waals surface area (Å²) in [5.41, 5.74) is 2.44. The van der Waals surface area contributed by atoms with Gasteiger partial charge in [0.25, 0.3) is 0 Å². The zero-order valence-corrected chi connectivity index (χ0v) is 14.9. The molecule has 0 bridgehead atoms. The van der Waals surface area contributed by atoms with E-state index in [2.05, 4.69) is 23.2 Å². The van der Waals surface area contributed by atoms with Crippen molar-refractivity contribution in [2.24, 2.45) is 10.4 Å². The predicted octanol–water partition coefficient (Wildman–Crippen LogP) is 4.66. The second kappa shape index (κ2) is 6.84. The van der Waals surface area contributed by atoms with Crippen molar-refractivity contribution >= 4 is 5.90 Å². The van der Waals surface area contributed by atoms with Crippen LogP contribution in [0.5, 0.6) is 0 Å². The summed E-state index contributed by atoms with van der Waals surface area (Å²) in [5.74, 6) is 1.39. The fraction of sp³-hybridized carbons (Fsp3) is 0.364. The summed E-state index contributed by atoms with van der Waals surface area (Å²) >= 11 is 0. The minimum Gasteiger partial charge on any atom is -0.496 e. The maximum Gasteiger partial charge on any atom is 0.218 e. The first-order chi connectivity index (χ1) is 12.8. The van der Waals surface area contributed by atoms with Crippen molar-refractivity contribution in [2.45, 2.75) is 38.2 Å². The molecule has 1 aliphatic heterocycles. The molecule has 1 fully saturated rings. The van der Waals surface area contributed by atoms with Crippen molar-refractivity contribution in [3.05, 3.63) is 71.2 Å². The molecule has 0 aromatic carbocycles. The number of fused-ring (bicyclic) bond motifs is 1. The lowest BCUT2D eigenvalue weighted by molar-refractivity contribution is 0.288. The highest BCUT2D eigenvalue weighted by Crippen LogP contribution is 2.46. The summed E-state index contributed by atoms with van der Waals surface area (Å²) in [7, 11) is 1.67. The van der Waals surface area contributed by atoms with Gasteiger partial charge in [-0.3, -0.25) is 0 Å². The number of nitrogens with zero attached hydrogens (tertiary/aromatic N) is 2. The van der Waals surface area contributed by atoms with Gasteiger partial charge in [-0.15, -0.1) is 0 Å². The summed E-state index contributed by atoms with van der Waals surface area (Å²) in [6.07, 6.45) is 20.6. The van der Waals surface area contributed by atoms with Crippen molar-refractivity contribution in [3.8, 4) is 6.07 Å². The molecule has 1 atom stereocenters. The van der Waals surface area contributed by atoms with Gasteiger partial charge in [0, 0.05) is 11.1 Å². The van der Waals surface area contributed by atoms with E-state index >= 15 is 0 Å². The number of hydrogen-bond donors (Lipinski definition) is 0. The Balaban J connectivity index is 1.72. The van der Waals surface area contributed by atoms with Crippen LogP contribution in [0.2, 0.25) is 0 Å². The molecule has 1 unspecified atom stereocenters. The van der Waals surface area contributed by atoms with Crippen molar-refractivity contribution in [1.29, 1.82) is 5.26 Å². The van der Waals surface area contributed by atoms with Crippen LogP contribution in [0.15, 0.2) is 76.2 Å². The van der Waals surface area contributed by atoms with Gasteiger partial charge in [-0.25, -0.2) is 4.99 Å². The number of nitriles is 1. The van der Waals surface area contributed by atoms with Gasteiger partial charge in [0.05, 0.1) is 24.3 Å².